The first-order chi connectivity index (χ1) is 7.71. The number of aliphatic imine (C=N–C) groups is 1. The molecule has 0 bridgehead atoms. The lowest BCUT2D eigenvalue weighted by Gasteiger charge is -2.03. The van der Waals surface area contributed by atoms with Crippen molar-refractivity contribution in [3.05, 3.63) is 34.1 Å². The van der Waals surface area contributed by atoms with E-state index in [1.807, 2.05) is 0 Å². The van der Waals surface area contributed by atoms with Crippen LogP contribution in [0.5, 0.6) is 0 Å². The van der Waals surface area contributed by atoms with E-state index in [0.29, 0.717) is 6.07 Å². The molecule has 0 heterocycles. The first-order valence-electron chi connectivity index (χ1n) is 3.97. The summed E-state index contributed by atoms with van der Waals surface area (Å²) in [6.45, 7) is 0. The maximum atomic E-state index is 13.1. The van der Waals surface area contributed by atoms with Gasteiger partial charge in [0.05, 0.1) is 11.0 Å². The van der Waals surface area contributed by atoms with Crippen molar-refractivity contribution in [2.45, 2.75) is 6.18 Å². The number of rotatable bonds is 2. The Balaban J connectivity index is 3.14. The maximum absolute atomic E-state index is 13.1. The van der Waals surface area contributed by atoms with Crippen molar-refractivity contribution in [3.8, 4) is 0 Å². The molecular formula is C8H3ClF4N2O2. The molecular weight excluding hydrogens is 268 g/mol. The molecule has 0 aliphatic rings. The summed E-state index contributed by atoms with van der Waals surface area (Å²) in [5, 5.41) is 8.48. The van der Waals surface area contributed by atoms with Gasteiger partial charge in [0.2, 0.25) is 5.17 Å². The van der Waals surface area contributed by atoms with Gasteiger partial charge in [0.25, 0.3) is 5.69 Å². The SMILES string of the molecule is O=[N+]([O-])c1ccc(N=C(Cl)C(F)(F)F)c(F)c1. The van der Waals surface area contributed by atoms with Crippen LogP contribution in [-0.4, -0.2) is 16.3 Å². The highest BCUT2D eigenvalue weighted by molar-refractivity contribution is 6.67. The largest absolute Gasteiger partial charge is 0.444 e. The van der Waals surface area contributed by atoms with Crippen LogP contribution < -0.4 is 0 Å². The predicted molar refractivity (Wildman–Crippen MR) is 52.1 cm³/mol. The Morgan fingerprint density at radius 1 is 1.41 bits per heavy atom. The number of nitrogens with zero attached hydrogens (tertiary/aromatic N) is 2. The Kier molecular flexibility index (Phi) is 3.66. The smallest absolute Gasteiger partial charge is 0.258 e. The quantitative estimate of drug-likeness (QED) is 0.357. The van der Waals surface area contributed by atoms with Gasteiger partial charge < -0.3 is 0 Å². The van der Waals surface area contributed by atoms with Gasteiger partial charge >= 0.3 is 6.18 Å². The van der Waals surface area contributed by atoms with Gasteiger partial charge in [-0.1, -0.05) is 11.6 Å². The van der Waals surface area contributed by atoms with E-state index in [1.165, 1.54) is 0 Å². The first kappa shape index (κ1) is 13.4. The number of nitro benzene ring substituents is 1. The Hall–Kier alpha value is -1.70. The van der Waals surface area contributed by atoms with E-state index in [1.54, 1.807) is 0 Å². The van der Waals surface area contributed by atoms with Gasteiger partial charge in [-0.05, 0) is 6.07 Å². The maximum Gasteiger partial charge on any atom is 0.444 e. The molecule has 0 spiro atoms. The molecule has 0 saturated carbocycles. The van der Waals surface area contributed by atoms with Gasteiger partial charge in [-0.2, -0.15) is 13.2 Å². The van der Waals surface area contributed by atoms with Crippen LogP contribution in [0.25, 0.3) is 0 Å². The normalized spacial score (nSPS) is 12.6. The highest BCUT2D eigenvalue weighted by atomic mass is 35.5. The van der Waals surface area contributed by atoms with E-state index in [9.17, 15) is 27.7 Å². The second-order valence-corrected chi connectivity index (χ2v) is 3.15. The molecule has 1 aromatic rings. The minimum absolute atomic E-state index is 0.458. The fraction of sp³-hybridized carbons (Fsp3) is 0.125. The monoisotopic (exact) mass is 270 g/mol. The van der Waals surface area contributed by atoms with Gasteiger partial charge in [-0.15, -0.1) is 0 Å². The second kappa shape index (κ2) is 4.66. The summed E-state index contributed by atoms with van der Waals surface area (Å²) >= 11 is 4.79. The van der Waals surface area contributed by atoms with Gasteiger partial charge in [0.15, 0.2) is 5.82 Å². The molecule has 0 N–H and O–H groups in total. The molecule has 0 atom stereocenters. The molecule has 0 aliphatic heterocycles. The summed E-state index contributed by atoms with van der Waals surface area (Å²) in [7, 11) is 0. The zero-order valence-electron chi connectivity index (χ0n) is 7.83. The second-order valence-electron chi connectivity index (χ2n) is 2.79. The van der Waals surface area contributed by atoms with Crippen molar-refractivity contribution in [3.63, 3.8) is 0 Å². The predicted octanol–water partition coefficient (Wildman–Crippen LogP) is 3.57. The molecule has 1 aromatic carbocycles. The van der Waals surface area contributed by atoms with Crippen LogP contribution in [0.2, 0.25) is 0 Å². The van der Waals surface area contributed by atoms with Crippen molar-refractivity contribution < 1.29 is 22.5 Å². The van der Waals surface area contributed by atoms with Crippen molar-refractivity contribution in [2.24, 2.45) is 4.99 Å². The molecule has 1 rings (SSSR count). The van der Waals surface area contributed by atoms with E-state index in [4.69, 9.17) is 11.6 Å². The summed E-state index contributed by atoms with van der Waals surface area (Å²) in [5.41, 5.74) is -1.32. The third kappa shape index (κ3) is 3.38. The standard InChI is InChI=1S/C8H3ClF4N2O2/c9-7(8(11,12)13)14-6-2-1-4(15(16)17)3-5(6)10/h1-3H. The molecule has 0 fully saturated rings. The number of hydrogen-bond donors (Lipinski definition) is 0. The highest BCUT2D eigenvalue weighted by Crippen LogP contribution is 2.27. The summed E-state index contributed by atoms with van der Waals surface area (Å²) in [5.74, 6) is -1.26. The minimum Gasteiger partial charge on any atom is -0.258 e. The molecule has 0 saturated heterocycles. The molecule has 9 heteroatoms. The zero-order valence-corrected chi connectivity index (χ0v) is 8.59. The molecule has 0 radical (unpaired) electrons. The molecule has 0 amide bonds. The van der Waals surface area contributed by atoms with Crippen LogP contribution in [0, 0.1) is 15.9 Å². The summed E-state index contributed by atoms with van der Waals surface area (Å²) in [6, 6.07) is 2.02. The lowest BCUT2D eigenvalue weighted by Crippen LogP contribution is -2.16. The third-order valence-corrected chi connectivity index (χ3v) is 1.89. The number of benzene rings is 1. The zero-order chi connectivity index (χ0) is 13.2. The van der Waals surface area contributed by atoms with Crippen molar-refractivity contribution >= 4 is 28.1 Å². The lowest BCUT2D eigenvalue weighted by molar-refractivity contribution is -0.385. The first-order valence-corrected chi connectivity index (χ1v) is 4.35. The van der Waals surface area contributed by atoms with Crippen LogP contribution in [0.4, 0.5) is 28.9 Å². The molecule has 0 aromatic heterocycles. The molecule has 0 unspecified atom stereocenters. The van der Waals surface area contributed by atoms with E-state index in [0.717, 1.165) is 12.1 Å². The van der Waals surface area contributed by atoms with Crippen molar-refractivity contribution in [1.29, 1.82) is 0 Å². The Morgan fingerprint density at radius 3 is 2.41 bits per heavy atom. The fourth-order valence-electron chi connectivity index (χ4n) is 0.869. The number of hydrogen-bond acceptors (Lipinski definition) is 3. The molecule has 0 aliphatic carbocycles. The highest BCUT2D eigenvalue weighted by Gasteiger charge is 2.34. The minimum atomic E-state index is -4.89. The molecule has 4 nitrogen and oxygen atoms in total. The van der Waals surface area contributed by atoms with Crippen LogP contribution >= 0.6 is 11.6 Å². The number of non-ortho nitro benzene ring substituents is 1. The average Bonchev–Trinajstić information content (AvgIpc) is 2.19. The van der Waals surface area contributed by atoms with Crippen LogP contribution in [0.15, 0.2) is 23.2 Å². The topological polar surface area (TPSA) is 55.5 Å². The Bertz CT molecular complexity index is 487. The van der Waals surface area contributed by atoms with Crippen LogP contribution in [0.3, 0.4) is 0 Å². The number of halogens is 5. The number of alkyl halides is 3. The summed E-state index contributed by atoms with van der Waals surface area (Å²) < 4.78 is 49.1. The van der Waals surface area contributed by atoms with Gasteiger partial charge in [0, 0.05) is 6.07 Å². The van der Waals surface area contributed by atoms with Gasteiger partial charge in [0.1, 0.15) is 5.69 Å². The van der Waals surface area contributed by atoms with Gasteiger partial charge in [-0.25, -0.2) is 9.38 Å². The van der Waals surface area contributed by atoms with E-state index < -0.39 is 33.5 Å². The van der Waals surface area contributed by atoms with E-state index in [2.05, 4.69) is 4.99 Å². The van der Waals surface area contributed by atoms with Crippen molar-refractivity contribution in [2.75, 3.05) is 0 Å². The Labute approximate surface area is 96.7 Å². The van der Waals surface area contributed by atoms with Crippen LogP contribution in [0.1, 0.15) is 0 Å². The lowest BCUT2D eigenvalue weighted by atomic mass is 10.3. The van der Waals surface area contributed by atoms with Crippen molar-refractivity contribution in [1.82, 2.24) is 0 Å². The summed E-state index contributed by atoms with van der Waals surface area (Å²) in [4.78, 5) is 12.1. The average molecular weight is 271 g/mol. The molecule has 92 valence electrons. The van der Waals surface area contributed by atoms with E-state index >= 15 is 0 Å². The van der Waals surface area contributed by atoms with Gasteiger partial charge in [-0.3, -0.25) is 10.1 Å². The molecule has 17 heavy (non-hydrogen) atoms. The summed E-state index contributed by atoms with van der Waals surface area (Å²) in [6.07, 6.45) is -4.89. The Morgan fingerprint density at radius 2 is 2.00 bits per heavy atom. The fourth-order valence-corrected chi connectivity index (χ4v) is 0.960. The number of nitro groups is 1. The van der Waals surface area contributed by atoms with E-state index in [-0.39, 0.29) is 0 Å². The van der Waals surface area contributed by atoms with Crippen LogP contribution in [-0.2, 0) is 0 Å². The third-order valence-electron chi connectivity index (χ3n) is 1.59.